The van der Waals surface area contributed by atoms with Gasteiger partial charge in [-0.05, 0) is 27.2 Å². The van der Waals surface area contributed by atoms with E-state index in [1.165, 1.54) is 6.92 Å². The maximum atomic E-state index is 11.4. The highest BCUT2D eigenvalue weighted by molar-refractivity contribution is 6.60. The molecule has 0 spiro atoms. The zero-order valence-corrected chi connectivity index (χ0v) is 14.5. The van der Waals surface area contributed by atoms with Crippen molar-refractivity contribution >= 4 is 20.6 Å². The first kappa shape index (κ1) is 20.0. The molecule has 0 unspecified atom stereocenters. The molecule has 21 heavy (non-hydrogen) atoms. The fourth-order valence-corrected chi connectivity index (χ4v) is 4.41. The van der Waals surface area contributed by atoms with Crippen LogP contribution in [-0.2, 0) is 22.9 Å². The van der Waals surface area contributed by atoms with E-state index >= 15 is 0 Å². The van der Waals surface area contributed by atoms with Crippen LogP contribution in [0.5, 0.6) is 0 Å². The molecule has 0 aliphatic heterocycles. The molecular formula is C13H28N2O5Si. The summed E-state index contributed by atoms with van der Waals surface area (Å²) >= 11 is 0. The van der Waals surface area contributed by atoms with Crippen molar-refractivity contribution in [1.29, 1.82) is 0 Å². The lowest BCUT2D eigenvalue weighted by molar-refractivity contribution is -0.125. The highest BCUT2D eigenvalue weighted by Crippen LogP contribution is 2.17. The lowest BCUT2D eigenvalue weighted by atomic mass is 10.4. The number of hydrogen-bond donors (Lipinski definition) is 2. The quantitative estimate of drug-likeness (QED) is 0.408. The lowest BCUT2D eigenvalue weighted by Crippen LogP contribution is -2.46. The maximum Gasteiger partial charge on any atom is 0.500 e. The van der Waals surface area contributed by atoms with Gasteiger partial charge in [-0.15, -0.1) is 0 Å². The van der Waals surface area contributed by atoms with Crippen molar-refractivity contribution in [2.24, 2.45) is 0 Å². The van der Waals surface area contributed by atoms with Crippen LogP contribution < -0.4 is 10.6 Å². The molecule has 0 aliphatic carbocycles. The summed E-state index contributed by atoms with van der Waals surface area (Å²) in [5.41, 5.74) is 0. The van der Waals surface area contributed by atoms with Crippen LogP contribution in [-0.4, -0.2) is 53.5 Å². The van der Waals surface area contributed by atoms with E-state index in [1.54, 1.807) is 0 Å². The summed E-state index contributed by atoms with van der Waals surface area (Å²) in [6.07, 6.45) is 0.706. The molecule has 0 aromatic rings. The lowest BCUT2D eigenvalue weighted by Gasteiger charge is -2.28. The summed E-state index contributed by atoms with van der Waals surface area (Å²) in [5, 5.41) is 5.19. The van der Waals surface area contributed by atoms with Crippen LogP contribution in [0.15, 0.2) is 0 Å². The van der Waals surface area contributed by atoms with E-state index in [2.05, 4.69) is 10.6 Å². The first-order valence-corrected chi connectivity index (χ1v) is 9.35. The predicted molar refractivity (Wildman–Crippen MR) is 81.7 cm³/mol. The van der Waals surface area contributed by atoms with Crippen molar-refractivity contribution < 1.29 is 22.9 Å². The van der Waals surface area contributed by atoms with Crippen LogP contribution in [0.25, 0.3) is 0 Å². The second kappa shape index (κ2) is 11.7. The third-order valence-electron chi connectivity index (χ3n) is 2.57. The molecule has 0 radical (unpaired) electrons. The number of amides is 2. The SMILES string of the molecule is CCO[Si](CCCNC(=O)CNC(C)=O)(OCC)OCC. The van der Waals surface area contributed by atoms with Crippen molar-refractivity contribution in [2.45, 2.75) is 40.2 Å². The monoisotopic (exact) mass is 320 g/mol. The molecule has 7 nitrogen and oxygen atoms in total. The van der Waals surface area contributed by atoms with Gasteiger partial charge in [-0.25, -0.2) is 0 Å². The minimum Gasteiger partial charge on any atom is -0.374 e. The third-order valence-corrected chi connectivity index (χ3v) is 5.72. The number of carbonyl (C=O) groups excluding carboxylic acids is 2. The molecule has 0 saturated heterocycles. The Hall–Kier alpha value is -0.963. The van der Waals surface area contributed by atoms with Gasteiger partial charge in [-0.3, -0.25) is 9.59 Å². The van der Waals surface area contributed by atoms with Crippen molar-refractivity contribution in [3.8, 4) is 0 Å². The van der Waals surface area contributed by atoms with Crippen molar-refractivity contribution in [3.63, 3.8) is 0 Å². The van der Waals surface area contributed by atoms with Gasteiger partial charge in [-0.1, -0.05) is 0 Å². The highest BCUT2D eigenvalue weighted by atomic mass is 28.4. The Kier molecular flexibility index (Phi) is 11.1. The molecule has 0 aromatic heterocycles. The summed E-state index contributed by atoms with van der Waals surface area (Å²) in [4.78, 5) is 22.1. The second-order valence-electron chi connectivity index (χ2n) is 4.35. The minimum absolute atomic E-state index is 0.000283. The van der Waals surface area contributed by atoms with Gasteiger partial charge in [0.05, 0.1) is 6.54 Å². The van der Waals surface area contributed by atoms with Crippen LogP contribution in [0.1, 0.15) is 34.1 Å². The fraction of sp³-hybridized carbons (Fsp3) is 0.846. The number of rotatable bonds is 12. The second-order valence-corrected chi connectivity index (χ2v) is 7.08. The Morgan fingerprint density at radius 1 is 0.952 bits per heavy atom. The molecule has 0 bridgehead atoms. The Balaban J connectivity index is 4.11. The Bertz CT molecular complexity index is 298. The number of nitrogens with one attached hydrogen (secondary N) is 2. The van der Waals surface area contributed by atoms with E-state index in [9.17, 15) is 9.59 Å². The van der Waals surface area contributed by atoms with Crippen LogP contribution in [0.4, 0.5) is 0 Å². The normalized spacial score (nSPS) is 11.2. The zero-order valence-electron chi connectivity index (χ0n) is 13.5. The van der Waals surface area contributed by atoms with E-state index < -0.39 is 8.80 Å². The molecule has 0 fully saturated rings. The smallest absolute Gasteiger partial charge is 0.374 e. The molecule has 0 rings (SSSR count). The van der Waals surface area contributed by atoms with Crippen LogP contribution in [0.2, 0.25) is 6.04 Å². The summed E-state index contributed by atoms with van der Waals surface area (Å²) in [6.45, 7) is 9.24. The van der Waals surface area contributed by atoms with E-state index in [-0.39, 0.29) is 18.4 Å². The van der Waals surface area contributed by atoms with E-state index in [0.29, 0.717) is 38.8 Å². The van der Waals surface area contributed by atoms with Gasteiger partial charge in [0.15, 0.2) is 0 Å². The summed E-state index contributed by atoms with van der Waals surface area (Å²) in [7, 11) is -2.62. The largest absolute Gasteiger partial charge is 0.500 e. The Morgan fingerprint density at radius 2 is 1.48 bits per heavy atom. The summed E-state index contributed by atoms with van der Waals surface area (Å²) in [6, 6.07) is 0.656. The van der Waals surface area contributed by atoms with E-state index in [1.807, 2.05) is 20.8 Å². The Labute approximate surface area is 128 Å². The van der Waals surface area contributed by atoms with Gasteiger partial charge < -0.3 is 23.9 Å². The molecule has 124 valence electrons. The average Bonchev–Trinajstić information content (AvgIpc) is 2.42. The molecule has 0 saturated carbocycles. The maximum absolute atomic E-state index is 11.4. The van der Waals surface area contributed by atoms with E-state index in [4.69, 9.17) is 13.3 Å². The molecular weight excluding hydrogens is 292 g/mol. The predicted octanol–water partition coefficient (Wildman–Crippen LogP) is 0.677. The number of carbonyl (C=O) groups is 2. The molecule has 8 heteroatoms. The molecule has 0 heterocycles. The van der Waals surface area contributed by atoms with Gasteiger partial charge in [0.2, 0.25) is 11.8 Å². The summed E-state index contributed by atoms with van der Waals surface area (Å²) in [5.74, 6) is -0.428. The first-order valence-electron chi connectivity index (χ1n) is 7.42. The molecule has 0 aromatic carbocycles. The fourth-order valence-electron chi connectivity index (χ4n) is 1.80. The van der Waals surface area contributed by atoms with Gasteiger partial charge in [0.1, 0.15) is 0 Å². The van der Waals surface area contributed by atoms with Crippen LogP contribution in [0.3, 0.4) is 0 Å². The zero-order chi connectivity index (χ0) is 16.1. The molecule has 2 amide bonds. The van der Waals surface area contributed by atoms with Crippen molar-refractivity contribution in [1.82, 2.24) is 10.6 Å². The topological polar surface area (TPSA) is 85.9 Å². The third kappa shape index (κ3) is 9.56. The van der Waals surface area contributed by atoms with Gasteiger partial charge in [0.25, 0.3) is 0 Å². The van der Waals surface area contributed by atoms with Crippen molar-refractivity contribution in [2.75, 3.05) is 32.9 Å². The van der Waals surface area contributed by atoms with Crippen molar-refractivity contribution in [3.05, 3.63) is 0 Å². The summed E-state index contributed by atoms with van der Waals surface area (Å²) < 4.78 is 17.2. The average molecular weight is 320 g/mol. The highest BCUT2D eigenvalue weighted by Gasteiger charge is 2.39. The molecule has 0 aliphatic rings. The number of hydrogen-bond acceptors (Lipinski definition) is 5. The molecule has 2 N–H and O–H groups in total. The van der Waals surface area contributed by atoms with Gasteiger partial charge >= 0.3 is 8.80 Å². The van der Waals surface area contributed by atoms with Crippen LogP contribution >= 0.6 is 0 Å². The standard InChI is InChI=1S/C13H28N2O5Si/c1-5-18-21(19-6-2,20-7-3)10-8-9-14-13(17)11-15-12(4)16/h5-11H2,1-4H3,(H,14,17)(H,15,16). The van der Waals surface area contributed by atoms with Gasteiger partial charge in [-0.2, -0.15) is 0 Å². The molecule has 0 atom stereocenters. The van der Waals surface area contributed by atoms with Gasteiger partial charge in [0, 0.05) is 39.3 Å². The Morgan fingerprint density at radius 3 is 1.90 bits per heavy atom. The van der Waals surface area contributed by atoms with E-state index in [0.717, 1.165) is 0 Å². The van der Waals surface area contributed by atoms with Crippen LogP contribution in [0, 0.1) is 0 Å². The first-order chi connectivity index (χ1) is 9.99. The minimum atomic E-state index is -2.62.